The molecule has 3 aromatic rings. The molecule has 6 heteroatoms. The van der Waals surface area contributed by atoms with Crippen LogP contribution in [0.3, 0.4) is 0 Å². The van der Waals surface area contributed by atoms with E-state index in [9.17, 15) is 0 Å². The Labute approximate surface area is 158 Å². The summed E-state index contributed by atoms with van der Waals surface area (Å²) in [6.45, 7) is 1.47. The molecule has 0 amide bonds. The Morgan fingerprint density at radius 1 is 1.24 bits per heavy atom. The molecule has 4 rings (SSSR count). The van der Waals surface area contributed by atoms with Crippen LogP contribution in [0.5, 0.6) is 11.6 Å². The van der Waals surface area contributed by atoms with Crippen molar-refractivity contribution < 1.29 is 14.2 Å². The van der Waals surface area contributed by atoms with Gasteiger partial charge in [0.1, 0.15) is 6.61 Å². The van der Waals surface area contributed by atoms with E-state index in [4.69, 9.17) is 14.2 Å². The lowest BCUT2D eigenvalue weighted by molar-refractivity contribution is 0.0000561. The first-order chi connectivity index (χ1) is 12.3. The van der Waals surface area contributed by atoms with Crippen molar-refractivity contribution in [3.05, 3.63) is 64.1 Å². The SMILES string of the molecule is Brc1csc(-c2ccnc3c2OCC(COCc2ccccc2)O3)c1. The fourth-order valence-electron chi connectivity index (χ4n) is 2.63. The number of hydrogen-bond donors (Lipinski definition) is 0. The highest BCUT2D eigenvalue weighted by Gasteiger charge is 2.25. The van der Waals surface area contributed by atoms with E-state index in [2.05, 4.69) is 27.0 Å². The summed E-state index contributed by atoms with van der Waals surface area (Å²) in [4.78, 5) is 5.44. The molecule has 1 aromatic carbocycles. The molecule has 25 heavy (non-hydrogen) atoms. The van der Waals surface area contributed by atoms with Crippen molar-refractivity contribution in [2.45, 2.75) is 12.7 Å². The number of hydrogen-bond acceptors (Lipinski definition) is 5. The van der Waals surface area contributed by atoms with Gasteiger partial charge in [-0.15, -0.1) is 11.3 Å². The topological polar surface area (TPSA) is 40.6 Å². The van der Waals surface area contributed by atoms with Gasteiger partial charge in [0, 0.05) is 26.5 Å². The number of halogens is 1. The molecule has 1 atom stereocenters. The largest absolute Gasteiger partial charge is 0.483 e. The van der Waals surface area contributed by atoms with Crippen LogP contribution in [0.15, 0.2) is 58.5 Å². The van der Waals surface area contributed by atoms with Gasteiger partial charge in [-0.1, -0.05) is 30.3 Å². The van der Waals surface area contributed by atoms with E-state index in [0.29, 0.717) is 31.5 Å². The Morgan fingerprint density at radius 2 is 2.12 bits per heavy atom. The Hall–Kier alpha value is -1.89. The van der Waals surface area contributed by atoms with Crippen LogP contribution in [-0.4, -0.2) is 24.3 Å². The van der Waals surface area contributed by atoms with Gasteiger partial charge in [-0.25, -0.2) is 4.98 Å². The van der Waals surface area contributed by atoms with Crippen molar-refractivity contribution >= 4 is 27.3 Å². The van der Waals surface area contributed by atoms with Crippen molar-refractivity contribution in [2.75, 3.05) is 13.2 Å². The average Bonchev–Trinajstić information content (AvgIpc) is 3.08. The van der Waals surface area contributed by atoms with Gasteiger partial charge in [-0.05, 0) is 33.6 Å². The zero-order valence-electron chi connectivity index (χ0n) is 13.4. The van der Waals surface area contributed by atoms with Gasteiger partial charge in [0.25, 0.3) is 5.88 Å². The third-order valence-electron chi connectivity index (χ3n) is 3.81. The van der Waals surface area contributed by atoms with Crippen molar-refractivity contribution in [1.82, 2.24) is 4.98 Å². The van der Waals surface area contributed by atoms with E-state index in [0.717, 1.165) is 20.5 Å². The summed E-state index contributed by atoms with van der Waals surface area (Å²) in [7, 11) is 0. The zero-order valence-corrected chi connectivity index (χ0v) is 15.8. The molecule has 0 saturated carbocycles. The molecule has 2 aromatic heterocycles. The third-order valence-corrected chi connectivity index (χ3v) is 5.54. The van der Waals surface area contributed by atoms with Crippen LogP contribution in [0.2, 0.25) is 0 Å². The van der Waals surface area contributed by atoms with Crippen LogP contribution in [0.4, 0.5) is 0 Å². The molecule has 0 saturated heterocycles. The number of fused-ring (bicyclic) bond motifs is 1. The molecule has 0 spiro atoms. The molecule has 1 aliphatic heterocycles. The van der Waals surface area contributed by atoms with E-state index in [1.807, 2.05) is 41.8 Å². The Kier molecular flexibility index (Phi) is 5.01. The molecule has 4 nitrogen and oxygen atoms in total. The lowest BCUT2D eigenvalue weighted by Gasteiger charge is -2.26. The highest BCUT2D eigenvalue weighted by molar-refractivity contribution is 9.10. The lowest BCUT2D eigenvalue weighted by atomic mass is 10.2. The molecule has 0 N–H and O–H groups in total. The Bertz CT molecular complexity index is 853. The van der Waals surface area contributed by atoms with Crippen LogP contribution >= 0.6 is 27.3 Å². The Balaban J connectivity index is 1.42. The zero-order chi connectivity index (χ0) is 17.1. The smallest absolute Gasteiger partial charge is 0.258 e. The van der Waals surface area contributed by atoms with E-state index < -0.39 is 0 Å². The molecule has 128 valence electrons. The van der Waals surface area contributed by atoms with Gasteiger partial charge in [0.2, 0.25) is 0 Å². The van der Waals surface area contributed by atoms with Crippen LogP contribution in [0.25, 0.3) is 10.4 Å². The van der Waals surface area contributed by atoms with E-state index in [-0.39, 0.29) is 6.10 Å². The van der Waals surface area contributed by atoms with Gasteiger partial charge in [-0.2, -0.15) is 0 Å². The number of benzene rings is 1. The van der Waals surface area contributed by atoms with Crippen LogP contribution < -0.4 is 9.47 Å². The highest BCUT2D eigenvalue weighted by atomic mass is 79.9. The van der Waals surface area contributed by atoms with Crippen LogP contribution in [0, 0.1) is 0 Å². The van der Waals surface area contributed by atoms with E-state index in [1.54, 1.807) is 17.5 Å². The maximum Gasteiger partial charge on any atom is 0.258 e. The molecule has 1 aliphatic rings. The summed E-state index contributed by atoms with van der Waals surface area (Å²) in [5.74, 6) is 1.23. The number of ether oxygens (including phenoxy) is 3. The second-order valence-electron chi connectivity index (χ2n) is 5.67. The molecule has 0 aliphatic carbocycles. The quantitative estimate of drug-likeness (QED) is 0.589. The third kappa shape index (κ3) is 3.86. The van der Waals surface area contributed by atoms with Gasteiger partial charge in [0.05, 0.1) is 13.2 Å². The fraction of sp³-hybridized carbons (Fsp3) is 0.211. The number of thiophene rings is 1. The minimum Gasteiger partial charge on any atom is -0.483 e. The standard InChI is InChI=1S/C19H16BrNO3S/c20-14-8-17(25-12-14)16-6-7-21-19-18(16)23-11-15(24-19)10-22-9-13-4-2-1-3-5-13/h1-8,12,15H,9-11H2. The normalized spacial score (nSPS) is 16.0. The molecular formula is C19H16BrNO3S. The fourth-order valence-corrected chi connectivity index (χ4v) is 4.08. The van der Waals surface area contributed by atoms with Gasteiger partial charge in [0.15, 0.2) is 11.9 Å². The summed E-state index contributed by atoms with van der Waals surface area (Å²) in [6, 6.07) is 14.1. The molecule has 3 heterocycles. The van der Waals surface area contributed by atoms with Crippen LogP contribution in [0.1, 0.15) is 5.56 Å². The van der Waals surface area contributed by atoms with Crippen molar-refractivity contribution in [3.8, 4) is 22.1 Å². The lowest BCUT2D eigenvalue weighted by Crippen LogP contribution is -2.34. The van der Waals surface area contributed by atoms with Crippen molar-refractivity contribution in [3.63, 3.8) is 0 Å². The van der Waals surface area contributed by atoms with E-state index >= 15 is 0 Å². The summed E-state index contributed by atoms with van der Waals surface area (Å²) in [6.07, 6.45) is 1.59. The number of aromatic nitrogens is 1. The van der Waals surface area contributed by atoms with Crippen LogP contribution in [-0.2, 0) is 11.3 Å². The first-order valence-electron chi connectivity index (χ1n) is 7.94. The maximum atomic E-state index is 5.97. The Morgan fingerprint density at radius 3 is 2.92 bits per heavy atom. The maximum absolute atomic E-state index is 5.97. The minimum atomic E-state index is -0.158. The minimum absolute atomic E-state index is 0.158. The van der Waals surface area contributed by atoms with Gasteiger partial charge < -0.3 is 14.2 Å². The second kappa shape index (κ2) is 7.56. The van der Waals surface area contributed by atoms with Crippen molar-refractivity contribution in [2.24, 2.45) is 0 Å². The summed E-state index contributed by atoms with van der Waals surface area (Å²) >= 11 is 5.14. The molecule has 0 bridgehead atoms. The average molecular weight is 418 g/mol. The molecule has 0 radical (unpaired) electrons. The van der Waals surface area contributed by atoms with Gasteiger partial charge in [-0.3, -0.25) is 0 Å². The first-order valence-corrected chi connectivity index (χ1v) is 9.61. The predicted octanol–water partition coefficient (Wildman–Crippen LogP) is 4.93. The summed E-state index contributed by atoms with van der Waals surface area (Å²) in [5.41, 5.74) is 2.15. The highest BCUT2D eigenvalue weighted by Crippen LogP contribution is 2.42. The summed E-state index contributed by atoms with van der Waals surface area (Å²) < 4.78 is 18.7. The number of rotatable bonds is 5. The summed E-state index contributed by atoms with van der Waals surface area (Å²) in [5, 5.41) is 2.05. The number of pyridine rings is 1. The molecular weight excluding hydrogens is 402 g/mol. The predicted molar refractivity (Wildman–Crippen MR) is 101 cm³/mol. The monoisotopic (exact) mass is 417 g/mol. The first kappa shape index (κ1) is 16.6. The van der Waals surface area contributed by atoms with Gasteiger partial charge >= 0.3 is 0 Å². The number of nitrogens with zero attached hydrogens (tertiary/aromatic N) is 1. The van der Waals surface area contributed by atoms with Crippen molar-refractivity contribution in [1.29, 1.82) is 0 Å². The van der Waals surface area contributed by atoms with E-state index in [1.165, 1.54) is 0 Å². The molecule has 0 fully saturated rings. The molecule has 1 unspecified atom stereocenters. The second-order valence-corrected chi connectivity index (χ2v) is 7.50.